The van der Waals surface area contributed by atoms with Crippen LogP contribution in [0.25, 0.3) is 0 Å². The van der Waals surface area contributed by atoms with E-state index < -0.39 is 0 Å². The maximum Gasteiger partial charge on any atom is 0.191 e. The van der Waals surface area contributed by atoms with E-state index in [-0.39, 0.29) is 24.0 Å². The molecule has 2 rings (SSSR count). The van der Waals surface area contributed by atoms with E-state index >= 15 is 0 Å². The summed E-state index contributed by atoms with van der Waals surface area (Å²) in [6, 6.07) is 8.07. The molecule has 2 N–H and O–H groups in total. The first-order valence-corrected chi connectivity index (χ1v) is 8.55. The fourth-order valence-corrected chi connectivity index (χ4v) is 2.92. The van der Waals surface area contributed by atoms with Gasteiger partial charge < -0.3 is 20.3 Å². The SMILES string of the molecule is CCNC(=NCc1ccc(OC)cc1)NCC1CCCN(C)C1.I. The maximum absolute atomic E-state index is 5.18. The maximum atomic E-state index is 5.18. The number of methoxy groups -OCH3 is 1. The van der Waals surface area contributed by atoms with E-state index in [1.807, 2.05) is 12.1 Å². The zero-order valence-corrected chi connectivity index (χ0v) is 17.4. The Morgan fingerprint density at radius 1 is 1.29 bits per heavy atom. The summed E-state index contributed by atoms with van der Waals surface area (Å²) in [5.41, 5.74) is 1.18. The van der Waals surface area contributed by atoms with Gasteiger partial charge in [-0.1, -0.05) is 12.1 Å². The molecule has 1 aliphatic heterocycles. The summed E-state index contributed by atoms with van der Waals surface area (Å²) >= 11 is 0. The molecule has 1 aromatic rings. The Morgan fingerprint density at radius 3 is 2.67 bits per heavy atom. The van der Waals surface area contributed by atoms with Crippen molar-refractivity contribution < 1.29 is 4.74 Å². The minimum Gasteiger partial charge on any atom is -0.497 e. The molecule has 1 unspecified atom stereocenters. The highest BCUT2D eigenvalue weighted by atomic mass is 127. The van der Waals surface area contributed by atoms with Crippen LogP contribution in [-0.2, 0) is 6.54 Å². The number of guanidine groups is 1. The summed E-state index contributed by atoms with van der Waals surface area (Å²) in [5, 5.41) is 6.82. The van der Waals surface area contributed by atoms with E-state index in [0.29, 0.717) is 12.5 Å². The van der Waals surface area contributed by atoms with Crippen molar-refractivity contribution in [1.29, 1.82) is 0 Å². The van der Waals surface area contributed by atoms with Gasteiger partial charge in [-0.25, -0.2) is 4.99 Å². The van der Waals surface area contributed by atoms with Crippen LogP contribution in [-0.4, -0.2) is 51.2 Å². The van der Waals surface area contributed by atoms with Crippen LogP contribution in [0.2, 0.25) is 0 Å². The molecule has 24 heavy (non-hydrogen) atoms. The Hall–Kier alpha value is -1.02. The van der Waals surface area contributed by atoms with E-state index in [9.17, 15) is 0 Å². The van der Waals surface area contributed by atoms with Gasteiger partial charge in [0.2, 0.25) is 0 Å². The lowest BCUT2D eigenvalue weighted by Crippen LogP contribution is -2.43. The molecule has 5 nitrogen and oxygen atoms in total. The average Bonchev–Trinajstić information content (AvgIpc) is 2.58. The molecule has 1 saturated heterocycles. The summed E-state index contributed by atoms with van der Waals surface area (Å²) in [5.74, 6) is 2.49. The van der Waals surface area contributed by atoms with Crippen LogP contribution in [0.3, 0.4) is 0 Å². The van der Waals surface area contributed by atoms with Crippen molar-refractivity contribution in [1.82, 2.24) is 15.5 Å². The molecule has 1 aliphatic rings. The lowest BCUT2D eigenvalue weighted by Gasteiger charge is -2.30. The van der Waals surface area contributed by atoms with Crippen molar-refractivity contribution in [3.05, 3.63) is 29.8 Å². The molecular formula is C18H31IN4O. The van der Waals surface area contributed by atoms with E-state index in [1.165, 1.54) is 31.5 Å². The molecule has 0 radical (unpaired) electrons. The monoisotopic (exact) mass is 446 g/mol. The number of rotatable bonds is 6. The van der Waals surface area contributed by atoms with Gasteiger partial charge in [0, 0.05) is 19.6 Å². The molecule has 1 fully saturated rings. The summed E-state index contributed by atoms with van der Waals surface area (Å²) in [4.78, 5) is 7.10. The fraction of sp³-hybridized carbons (Fsp3) is 0.611. The predicted octanol–water partition coefficient (Wildman–Crippen LogP) is 2.71. The van der Waals surface area contributed by atoms with Gasteiger partial charge in [-0.05, 0) is 57.0 Å². The Labute approximate surface area is 163 Å². The first-order chi connectivity index (χ1) is 11.2. The van der Waals surface area contributed by atoms with Crippen molar-refractivity contribution in [2.75, 3.05) is 40.3 Å². The second kappa shape index (κ2) is 11.5. The van der Waals surface area contributed by atoms with Crippen molar-refractivity contribution in [3.63, 3.8) is 0 Å². The molecule has 1 heterocycles. The van der Waals surface area contributed by atoms with Crippen LogP contribution >= 0.6 is 24.0 Å². The second-order valence-electron chi connectivity index (χ2n) is 6.19. The minimum atomic E-state index is 0. The number of likely N-dealkylation sites (tertiary alicyclic amines) is 1. The topological polar surface area (TPSA) is 48.9 Å². The largest absolute Gasteiger partial charge is 0.497 e. The number of hydrogen-bond acceptors (Lipinski definition) is 3. The predicted molar refractivity (Wildman–Crippen MR) is 111 cm³/mol. The van der Waals surface area contributed by atoms with Crippen LogP contribution in [0.1, 0.15) is 25.3 Å². The quantitative estimate of drug-likeness (QED) is 0.401. The van der Waals surface area contributed by atoms with Gasteiger partial charge in [0.25, 0.3) is 0 Å². The van der Waals surface area contributed by atoms with Gasteiger partial charge in [0.15, 0.2) is 5.96 Å². The van der Waals surface area contributed by atoms with Gasteiger partial charge >= 0.3 is 0 Å². The van der Waals surface area contributed by atoms with E-state index in [2.05, 4.69) is 46.6 Å². The third-order valence-electron chi connectivity index (χ3n) is 4.20. The highest BCUT2D eigenvalue weighted by Gasteiger charge is 2.17. The normalized spacial score (nSPS) is 18.6. The van der Waals surface area contributed by atoms with E-state index in [1.54, 1.807) is 7.11 Å². The highest BCUT2D eigenvalue weighted by Crippen LogP contribution is 2.14. The van der Waals surface area contributed by atoms with Gasteiger partial charge in [-0.3, -0.25) is 0 Å². The molecular weight excluding hydrogens is 415 g/mol. The Bertz CT molecular complexity index is 492. The number of benzene rings is 1. The van der Waals surface area contributed by atoms with Crippen LogP contribution in [0, 0.1) is 5.92 Å². The van der Waals surface area contributed by atoms with Gasteiger partial charge in [-0.2, -0.15) is 0 Å². The van der Waals surface area contributed by atoms with E-state index in [0.717, 1.165) is 24.8 Å². The molecule has 0 amide bonds. The van der Waals surface area contributed by atoms with E-state index in [4.69, 9.17) is 4.74 Å². The van der Waals surface area contributed by atoms with Crippen LogP contribution in [0.15, 0.2) is 29.3 Å². The van der Waals surface area contributed by atoms with Crippen LogP contribution in [0.4, 0.5) is 0 Å². The average molecular weight is 446 g/mol. The zero-order chi connectivity index (χ0) is 16.5. The molecule has 136 valence electrons. The molecule has 1 atom stereocenters. The Kier molecular flexibility index (Phi) is 10.1. The van der Waals surface area contributed by atoms with Crippen LogP contribution in [0.5, 0.6) is 5.75 Å². The first kappa shape index (κ1) is 21.0. The summed E-state index contributed by atoms with van der Waals surface area (Å²) in [6.45, 7) is 7.02. The molecule has 0 spiro atoms. The number of hydrogen-bond donors (Lipinski definition) is 2. The number of ether oxygens (including phenoxy) is 1. The minimum absolute atomic E-state index is 0. The van der Waals surface area contributed by atoms with Gasteiger partial charge in [0.1, 0.15) is 5.75 Å². The molecule has 0 aromatic heterocycles. The number of nitrogens with zero attached hydrogens (tertiary/aromatic N) is 2. The third kappa shape index (κ3) is 7.25. The van der Waals surface area contributed by atoms with Crippen molar-refractivity contribution in [3.8, 4) is 5.75 Å². The first-order valence-electron chi connectivity index (χ1n) is 8.55. The summed E-state index contributed by atoms with van der Waals surface area (Å²) in [6.07, 6.45) is 2.59. The third-order valence-corrected chi connectivity index (χ3v) is 4.20. The molecule has 0 aliphatic carbocycles. The molecule has 6 heteroatoms. The Morgan fingerprint density at radius 2 is 2.04 bits per heavy atom. The van der Waals surface area contributed by atoms with Crippen LogP contribution < -0.4 is 15.4 Å². The summed E-state index contributed by atoms with van der Waals surface area (Å²) < 4.78 is 5.18. The smallest absolute Gasteiger partial charge is 0.191 e. The lowest BCUT2D eigenvalue weighted by molar-refractivity contribution is 0.210. The van der Waals surface area contributed by atoms with Gasteiger partial charge in [-0.15, -0.1) is 24.0 Å². The number of piperidine rings is 1. The number of nitrogens with one attached hydrogen (secondary N) is 2. The number of halogens is 1. The second-order valence-corrected chi connectivity index (χ2v) is 6.19. The van der Waals surface area contributed by atoms with Crippen molar-refractivity contribution >= 4 is 29.9 Å². The zero-order valence-electron chi connectivity index (χ0n) is 15.0. The lowest BCUT2D eigenvalue weighted by atomic mass is 9.99. The molecule has 0 saturated carbocycles. The highest BCUT2D eigenvalue weighted by molar-refractivity contribution is 14.0. The number of aliphatic imine (C=N–C) groups is 1. The van der Waals surface area contributed by atoms with Gasteiger partial charge in [0.05, 0.1) is 13.7 Å². The van der Waals surface area contributed by atoms with Crippen molar-refractivity contribution in [2.45, 2.75) is 26.3 Å². The molecule has 0 bridgehead atoms. The standard InChI is InChI=1S/C18H30N4O.HI/c1-4-19-18(21-13-16-6-5-11-22(2)14-16)20-12-15-7-9-17(23-3)10-8-15;/h7-10,16H,4-6,11-14H2,1-3H3,(H2,19,20,21);1H. The van der Waals surface area contributed by atoms with Crippen molar-refractivity contribution in [2.24, 2.45) is 10.9 Å². The fourth-order valence-electron chi connectivity index (χ4n) is 2.92. The molecule has 1 aromatic carbocycles. The summed E-state index contributed by atoms with van der Waals surface area (Å²) in [7, 11) is 3.89. The Balaban J connectivity index is 0.00000288.